The van der Waals surface area contributed by atoms with Crippen LogP contribution in [0.1, 0.15) is 153 Å². The Morgan fingerprint density at radius 2 is 1.34 bits per heavy atom. The van der Waals surface area contributed by atoms with Crippen molar-refractivity contribution < 1.29 is 124 Å². The molecule has 5 aliphatic rings. The number of benzene rings is 2. The molecule has 2 bridgehead atoms. The van der Waals surface area contributed by atoms with Gasteiger partial charge in [-0.1, -0.05) is 77.1 Å². The summed E-state index contributed by atoms with van der Waals surface area (Å²) < 4.78 is 114. The predicted molar refractivity (Wildman–Crippen MR) is 487 cm³/mol. The Bertz CT molecular complexity index is 4250. The molecular formula is C95H142N6O26S2. The standard InChI is InChI=1S/C95H142N6O26S2/c1-63-17-13-12-14-18-64(2)82(113-9)59-75-24-20-70(8)95(110,127-75)90(106)92(108)101-33-16-15-19-78(101)93(109)125-83(60-79(102)66(4)54-69(7)88(105)89(115-11)87(104)68(6)53-63)67(5)55-71-21-27-81(84(57-71)114-10)126-94(128)98-31-36-117-39-41-119-43-45-121-47-49-123-51-50-122-48-46-120-44-42-118-40-38-116-35-30-86(103)97-32-52-129(111,112)76-25-26-77(65(3)56-76)91(107)100-34-37-124-80-28-22-72(58-74(80)62-100)73-23-29-85(96)99-61-73/h12-14,17-18,22-23,25-26,28-29,54,56,58,61,63,66-68,70-71,75,78-79,81-84,88-89,102,105,110H,15-16,19-21,24,27,30-53,55,57,59-60,62H2,1-11H3,(H2,96,99)(H,97,103)(H,98,128)/b14-12+,17-13+,64-18+,69-54+/t63-,66-,67-,68-,70-,71+,75+,78+,79-,81-,82+,83+,84-,88-,89+,95-/m1/s1. The molecule has 2 saturated heterocycles. The molecule has 16 atom stereocenters. The predicted octanol–water partition coefficient (Wildman–Crippen LogP) is 8.97. The largest absolute Gasteiger partial charge is 0.491 e. The van der Waals surface area contributed by atoms with E-state index in [9.17, 15) is 52.5 Å². The molecule has 1 aromatic heterocycles. The molecule has 720 valence electrons. The summed E-state index contributed by atoms with van der Waals surface area (Å²) >= 11 is 5.62. The number of rotatable bonds is 40. The number of hydrogen-bond donors (Lipinski definition) is 6. The number of amides is 3. The molecule has 0 unspecified atom stereocenters. The lowest BCUT2D eigenvalue weighted by atomic mass is 9.78. The van der Waals surface area contributed by atoms with Crippen LogP contribution < -0.4 is 21.1 Å². The summed E-state index contributed by atoms with van der Waals surface area (Å²) in [5.74, 6) is -7.56. The first-order valence-electron chi connectivity index (χ1n) is 45.5. The van der Waals surface area contributed by atoms with Crippen LogP contribution >= 0.6 is 12.2 Å². The molecule has 1 aliphatic carbocycles. The molecule has 4 aliphatic heterocycles. The third-order valence-electron chi connectivity index (χ3n) is 24.4. The van der Waals surface area contributed by atoms with Gasteiger partial charge >= 0.3 is 5.97 Å². The number of piperidine rings is 1. The molecule has 129 heavy (non-hydrogen) atoms. The number of ketones is 2. The first-order valence-corrected chi connectivity index (χ1v) is 47.6. The van der Waals surface area contributed by atoms with Crippen LogP contribution in [0, 0.1) is 42.4 Å². The summed E-state index contributed by atoms with van der Waals surface area (Å²) in [6, 6.07) is 12.7. The number of hydrogen-bond acceptors (Lipinski definition) is 29. The molecule has 0 spiro atoms. The quantitative estimate of drug-likeness (QED) is 0.0102. The van der Waals surface area contributed by atoms with Crippen molar-refractivity contribution in [3.63, 3.8) is 0 Å². The van der Waals surface area contributed by atoms with Crippen LogP contribution in [0.25, 0.3) is 11.1 Å². The van der Waals surface area contributed by atoms with Crippen molar-refractivity contribution in [3.05, 3.63) is 119 Å². The van der Waals surface area contributed by atoms with Gasteiger partial charge in [-0.3, -0.25) is 24.0 Å². The second kappa shape index (κ2) is 55.8. The molecule has 0 radical (unpaired) electrons. The number of carbonyl (C=O) groups is 6. The first kappa shape index (κ1) is 107. The lowest BCUT2D eigenvalue weighted by molar-refractivity contribution is -0.265. The van der Waals surface area contributed by atoms with Crippen LogP contribution in [-0.2, 0) is 107 Å². The zero-order chi connectivity index (χ0) is 93.4. The summed E-state index contributed by atoms with van der Waals surface area (Å²) in [4.78, 5) is 91.2. The Labute approximate surface area is 766 Å². The van der Waals surface area contributed by atoms with E-state index >= 15 is 0 Å². The van der Waals surface area contributed by atoms with E-state index in [0.29, 0.717) is 205 Å². The number of cyclic esters (lactones) is 1. The average molecular weight is 1850 g/mol. The number of aromatic nitrogens is 1. The van der Waals surface area contributed by atoms with Gasteiger partial charge in [0.15, 0.2) is 15.6 Å². The lowest BCUT2D eigenvalue weighted by Gasteiger charge is -2.43. The summed E-state index contributed by atoms with van der Waals surface area (Å²) in [5, 5.41) is 41.9. The number of carbonyl (C=O) groups excluding carboxylic acids is 6. The van der Waals surface area contributed by atoms with Crippen molar-refractivity contribution in [2.75, 3.05) is 171 Å². The van der Waals surface area contributed by atoms with Crippen molar-refractivity contribution >= 4 is 68.3 Å². The van der Waals surface area contributed by atoms with E-state index in [-0.39, 0.29) is 109 Å². The van der Waals surface area contributed by atoms with Crippen molar-refractivity contribution in [2.45, 2.75) is 211 Å². The van der Waals surface area contributed by atoms with Gasteiger partial charge < -0.3 is 113 Å². The maximum Gasteiger partial charge on any atom is 0.329 e. The van der Waals surface area contributed by atoms with Gasteiger partial charge in [0.2, 0.25) is 11.7 Å². The number of anilines is 1. The molecule has 3 amide bonds. The van der Waals surface area contributed by atoms with Crippen LogP contribution in [0.4, 0.5) is 5.82 Å². The van der Waals surface area contributed by atoms with Gasteiger partial charge in [-0.25, -0.2) is 18.2 Å². The Balaban J connectivity index is 0.643. The molecule has 8 rings (SSSR count). The highest BCUT2D eigenvalue weighted by atomic mass is 32.2. The third-order valence-corrected chi connectivity index (χ3v) is 26.4. The maximum atomic E-state index is 14.8. The Morgan fingerprint density at radius 3 is 1.97 bits per heavy atom. The number of nitrogens with two attached hydrogens (primary N) is 1. The fourth-order valence-electron chi connectivity index (χ4n) is 16.7. The Hall–Kier alpha value is -7.59. The highest BCUT2D eigenvalue weighted by Crippen LogP contribution is 2.40. The van der Waals surface area contributed by atoms with Crippen LogP contribution in [0.5, 0.6) is 5.75 Å². The fourth-order valence-corrected chi connectivity index (χ4v) is 18.1. The molecule has 32 nitrogen and oxygen atoms in total. The summed E-state index contributed by atoms with van der Waals surface area (Å²) in [7, 11) is 0.808. The molecule has 7 N–H and O–H groups in total. The van der Waals surface area contributed by atoms with Gasteiger partial charge in [0.05, 0.1) is 147 Å². The average Bonchev–Trinajstić information content (AvgIpc) is 1.08. The second-order valence-corrected chi connectivity index (χ2v) is 36.7. The number of aliphatic hydroxyl groups is 3. The first-order chi connectivity index (χ1) is 61.9. The van der Waals surface area contributed by atoms with Crippen molar-refractivity contribution in [1.29, 1.82) is 0 Å². The topological polar surface area (TPSA) is 405 Å². The summed E-state index contributed by atoms with van der Waals surface area (Å²) in [5.41, 5.74) is 10.6. The second-order valence-electron chi connectivity index (χ2n) is 34.3. The number of aryl methyl sites for hydroxylation is 1. The number of sulfone groups is 1. The Morgan fingerprint density at radius 1 is 0.690 bits per heavy atom. The number of nitrogens with one attached hydrogen (secondary N) is 2. The molecular weight excluding hydrogens is 1710 g/mol. The number of pyridine rings is 1. The summed E-state index contributed by atoms with van der Waals surface area (Å²) in [6.07, 6.45) is 12.1. The molecule has 3 aromatic rings. The van der Waals surface area contributed by atoms with E-state index < -0.39 is 93.7 Å². The van der Waals surface area contributed by atoms with Gasteiger partial charge in [-0.15, -0.1) is 0 Å². The van der Waals surface area contributed by atoms with Gasteiger partial charge in [-0.2, -0.15) is 0 Å². The maximum absolute atomic E-state index is 14.8. The number of Topliss-reactive ketones (excluding diaryl/α,β-unsaturated/α-hetero) is 2. The molecule has 2 aromatic carbocycles. The lowest BCUT2D eigenvalue weighted by Crippen LogP contribution is -2.61. The van der Waals surface area contributed by atoms with E-state index in [2.05, 4.69) is 15.6 Å². The zero-order valence-electron chi connectivity index (χ0n) is 77.2. The number of fused-ring (bicyclic) bond motifs is 4. The molecule has 5 heterocycles. The van der Waals surface area contributed by atoms with Crippen LogP contribution in [0.2, 0.25) is 0 Å². The van der Waals surface area contributed by atoms with Gasteiger partial charge in [0.1, 0.15) is 48.6 Å². The minimum absolute atomic E-state index is 0.00379. The Kier molecular flexibility index (Phi) is 46.2. The number of methoxy groups -OCH3 is 3. The molecule has 34 heteroatoms. The highest BCUT2D eigenvalue weighted by molar-refractivity contribution is 7.91. The van der Waals surface area contributed by atoms with Crippen LogP contribution in [0.3, 0.4) is 0 Å². The van der Waals surface area contributed by atoms with Crippen LogP contribution in [0.15, 0.2) is 107 Å². The number of esters is 1. The van der Waals surface area contributed by atoms with Crippen molar-refractivity contribution in [3.8, 4) is 16.9 Å². The monoisotopic (exact) mass is 1850 g/mol. The van der Waals surface area contributed by atoms with E-state index in [0.717, 1.165) is 28.7 Å². The number of nitrogens with zero attached hydrogens (tertiary/aromatic N) is 3. The van der Waals surface area contributed by atoms with E-state index in [1.807, 2.05) is 82.3 Å². The minimum Gasteiger partial charge on any atom is -0.491 e. The number of nitrogen functional groups attached to an aromatic ring is 1. The number of aliphatic hydroxyl groups excluding tert-OH is 2. The summed E-state index contributed by atoms with van der Waals surface area (Å²) in [6.45, 7) is 21.4. The van der Waals surface area contributed by atoms with E-state index in [1.165, 1.54) is 30.2 Å². The number of ether oxygens (including phenoxy) is 15. The van der Waals surface area contributed by atoms with E-state index in [4.69, 9.17) is 89.0 Å². The number of thiocarbonyl (C=S) groups is 1. The van der Waals surface area contributed by atoms with Gasteiger partial charge in [0, 0.05) is 107 Å². The third kappa shape index (κ3) is 34.4. The van der Waals surface area contributed by atoms with E-state index in [1.54, 1.807) is 65.2 Å². The smallest absolute Gasteiger partial charge is 0.329 e. The normalized spacial score (nSPS) is 27.3. The highest BCUT2D eigenvalue weighted by Gasteiger charge is 2.53. The minimum atomic E-state index is -3.78. The SMILES string of the molecule is CO[C@H]1C[C@@H]2CC[C@@H](C)[C@@](O)(O2)C(=O)C(=O)N2CCCC[C@H]2C(=O)O[C@H]([C@H](C)C[C@@H]2CC[C@@H](OC(=S)NCCOCCOCCOCCOCCOCCOCCOCCOCCC(=O)NCCS(=O)(=O)c3ccc(C(=O)N4CCOc5ccc(-c6ccc(N)nc6)cc5C4)c(C)c3)[C@H](OC)C2)C[C@@H](O)[C@H](C)/C=C(\C)[C@@H](O)[C@@H](OC)C(=O)[C@H](C)C[C@H](C)/C=C/C=C/C=C/1C. The van der Waals surface area contributed by atoms with Crippen molar-refractivity contribution in [2.24, 2.45) is 35.5 Å². The fraction of sp³-hybridized carbons (Fsp3) is 0.663. The van der Waals surface area contributed by atoms with Gasteiger partial charge in [-0.05, 0) is 180 Å². The molecule has 3 fully saturated rings. The van der Waals surface area contributed by atoms with Crippen LogP contribution in [-0.4, -0.2) is 305 Å². The van der Waals surface area contributed by atoms with Crippen molar-refractivity contribution in [1.82, 2.24) is 25.4 Å². The van der Waals surface area contributed by atoms with Gasteiger partial charge in [0.25, 0.3) is 22.8 Å². The zero-order valence-corrected chi connectivity index (χ0v) is 78.9. The molecule has 1 saturated carbocycles. The number of allylic oxidation sites excluding steroid dienone is 5.